The minimum Gasteiger partial charge on any atom is -0.352 e. The Balaban J connectivity index is 1.45. The number of amides is 1. The standard InChI is InChI=1S/C22H29N3O/c1-15(14-25-13-12-16(2)24-25)22(26)23-21-19-11-7-6-10-18(19)20(21)17-8-4-3-5-9-17/h3-5,8-9,12-13,15,18-21H,6-7,10-11,14H2,1-2H3,(H,23,26)/t15?,18?,19?,20-,21-/m0/s1. The molecule has 3 unspecified atom stereocenters. The third kappa shape index (κ3) is 3.29. The minimum absolute atomic E-state index is 0.0756. The van der Waals surface area contributed by atoms with Crippen molar-refractivity contribution < 1.29 is 4.79 Å². The van der Waals surface area contributed by atoms with Gasteiger partial charge in [0.25, 0.3) is 0 Å². The molecule has 1 aromatic heterocycles. The van der Waals surface area contributed by atoms with Crippen LogP contribution in [0.1, 0.15) is 49.8 Å². The first-order valence-electron chi connectivity index (χ1n) is 9.99. The highest BCUT2D eigenvalue weighted by molar-refractivity contribution is 5.78. The summed E-state index contributed by atoms with van der Waals surface area (Å²) in [7, 11) is 0. The van der Waals surface area contributed by atoms with E-state index >= 15 is 0 Å². The minimum atomic E-state index is -0.0756. The lowest BCUT2D eigenvalue weighted by Crippen LogP contribution is -2.60. The van der Waals surface area contributed by atoms with Gasteiger partial charge in [-0.25, -0.2) is 0 Å². The van der Waals surface area contributed by atoms with Gasteiger partial charge in [0.05, 0.1) is 18.2 Å². The lowest BCUT2D eigenvalue weighted by Gasteiger charge is -2.55. The Hall–Kier alpha value is -2.10. The largest absolute Gasteiger partial charge is 0.352 e. The van der Waals surface area contributed by atoms with Crippen molar-refractivity contribution >= 4 is 5.91 Å². The molecular weight excluding hydrogens is 322 g/mol. The summed E-state index contributed by atoms with van der Waals surface area (Å²) in [4.78, 5) is 12.9. The summed E-state index contributed by atoms with van der Waals surface area (Å²) < 4.78 is 1.87. The smallest absolute Gasteiger partial charge is 0.224 e. The van der Waals surface area contributed by atoms with Gasteiger partial charge in [-0.3, -0.25) is 9.48 Å². The predicted octanol–water partition coefficient (Wildman–Crippen LogP) is 3.92. The lowest BCUT2D eigenvalue weighted by molar-refractivity contribution is -0.128. The molecule has 2 fully saturated rings. The van der Waals surface area contributed by atoms with Crippen molar-refractivity contribution in [2.45, 2.75) is 58.0 Å². The maximum Gasteiger partial charge on any atom is 0.224 e. The van der Waals surface area contributed by atoms with Gasteiger partial charge in [0.1, 0.15) is 0 Å². The first kappa shape index (κ1) is 17.3. The molecule has 1 N–H and O–H groups in total. The second kappa shape index (κ2) is 7.26. The molecular formula is C22H29N3O. The molecule has 0 radical (unpaired) electrons. The Morgan fingerprint density at radius 3 is 2.62 bits per heavy atom. The first-order valence-corrected chi connectivity index (χ1v) is 9.99. The van der Waals surface area contributed by atoms with Gasteiger partial charge < -0.3 is 5.32 Å². The molecule has 1 heterocycles. The second-order valence-corrected chi connectivity index (χ2v) is 8.16. The van der Waals surface area contributed by atoms with Gasteiger partial charge in [0.2, 0.25) is 5.91 Å². The van der Waals surface area contributed by atoms with Crippen LogP contribution in [0.2, 0.25) is 0 Å². The van der Waals surface area contributed by atoms with E-state index in [1.807, 2.05) is 30.8 Å². The van der Waals surface area contributed by atoms with Crippen LogP contribution in [-0.4, -0.2) is 21.7 Å². The molecule has 2 aliphatic carbocycles. The molecule has 2 aromatic rings. The monoisotopic (exact) mass is 351 g/mol. The maximum atomic E-state index is 12.9. The number of rotatable bonds is 5. The molecule has 4 nitrogen and oxygen atoms in total. The summed E-state index contributed by atoms with van der Waals surface area (Å²) in [5, 5.41) is 7.82. The van der Waals surface area contributed by atoms with E-state index in [9.17, 15) is 4.79 Å². The van der Waals surface area contributed by atoms with Crippen LogP contribution < -0.4 is 5.32 Å². The number of carbonyl (C=O) groups excluding carboxylic acids is 1. The van der Waals surface area contributed by atoms with Gasteiger partial charge >= 0.3 is 0 Å². The molecule has 0 bridgehead atoms. The predicted molar refractivity (Wildman–Crippen MR) is 103 cm³/mol. The zero-order valence-electron chi connectivity index (χ0n) is 15.8. The van der Waals surface area contributed by atoms with Crippen molar-refractivity contribution in [3.8, 4) is 0 Å². The van der Waals surface area contributed by atoms with E-state index < -0.39 is 0 Å². The molecule has 1 aromatic carbocycles. The average molecular weight is 351 g/mol. The zero-order valence-corrected chi connectivity index (χ0v) is 15.8. The van der Waals surface area contributed by atoms with Crippen molar-refractivity contribution in [1.82, 2.24) is 15.1 Å². The summed E-state index contributed by atoms with van der Waals surface area (Å²) >= 11 is 0. The number of hydrogen-bond donors (Lipinski definition) is 1. The van der Waals surface area contributed by atoms with E-state index in [4.69, 9.17) is 0 Å². The van der Waals surface area contributed by atoms with Crippen LogP contribution in [0.4, 0.5) is 0 Å². The van der Waals surface area contributed by atoms with Crippen LogP contribution in [-0.2, 0) is 11.3 Å². The number of hydrogen-bond acceptors (Lipinski definition) is 2. The highest BCUT2D eigenvalue weighted by atomic mass is 16.2. The summed E-state index contributed by atoms with van der Waals surface area (Å²) in [6.07, 6.45) is 7.15. The van der Waals surface area contributed by atoms with Crippen molar-refractivity contribution in [3.05, 3.63) is 53.9 Å². The highest BCUT2D eigenvalue weighted by Crippen LogP contribution is 2.54. The fourth-order valence-corrected chi connectivity index (χ4v) is 5.03. The van der Waals surface area contributed by atoms with Gasteiger partial charge in [-0.1, -0.05) is 50.1 Å². The van der Waals surface area contributed by atoms with Gasteiger partial charge in [0.15, 0.2) is 0 Å². The van der Waals surface area contributed by atoms with Crippen molar-refractivity contribution in [2.24, 2.45) is 17.8 Å². The number of nitrogens with zero attached hydrogens (tertiary/aromatic N) is 2. The lowest BCUT2D eigenvalue weighted by atomic mass is 9.53. The number of nitrogens with one attached hydrogen (secondary N) is 1. The number of carbonyl (C=O) groups is 1. The Morgan fingerprint density at radius 2 is 1.92 bits per heavy atom. The molecule has 138 valence electrons. The molecule has 5 atom stereocenters. The summed E-state index contributed by atoms with van der Waals surface area (Å²) in [5.41, 5.74) is 2.38. The molecule has 2 saturated carbocycles. The fraction of sp³-hybridized carbons (Fsp3) is 0.545. The molecule has 4 heteroatoms. The number of benzene rings is 1. The topological polar surface area (TPSA) is 46.9 Å². The number of aryl methyl sites for hydroxylation is 1. The SMILES string of the molecule is Cc1ccn(CC(C)C(=O)N[C@H]2C3CCCCC3[C@@H]2c2ccccc2)n1. The normalized spacial score (nSPS) is 28.7. The molecule has 2 aliphatic rings. The van der Waals surface area contributed by atoms with Crippen LogP contribution >= 0.6 is 0 Å². The number of aromatic nitrogens is 2. The molecule has 4 rings (SSSR count). The van der Waals surface area contributed by atoms with Gasteiger partial charge in [-0.05, 0) is 43.2 Å². The van der Waals surface area contributed by atoms with Crippen molar-refractivity contribution in [2.75, 3.05) is 0 Å². The van der Waals surface area contributed by atoms with E-state index in [1.54, 1.807) is 0 Å². The van der Waals surface area contributed by atoms with Gasteiger partial charge in [0, 0.05) is 18.2 Å². The van der Waals surface area contributed by atoms with Gasteiger partial charge in [-0.2, -0.15) is 5.10 Å². The fourth-order valence-electron chi connectivity index (χ4n) is 5.03. The molecule has 1 amide bonds. The van der Waals surface area contributed by atoms with Crippen LogP contribution in [0.25, 0.3) is 0 Å². The first-order chi connectivity index (χ1) is 12.6. The zero-order chi connectivity index (χ0) is 18.1. The third-order valence-corrected chi connectivity index (χ3v) is 6.36. The van der Waals surface area contributed by atoms with E-state index in [1.165, 1.54) is 31.2 Å². The summed E-state index contributed by atoms with van der Waals surface area (Å²) in [6, 6.07) is 13.0. The molecule has 26 heavy (non-hydrogen) atoms. The van der Waals surface area contributed by atoms with Gasteiger partial charge in [-0.15, -0.1) is 0 Å². The summed E-state index contributed by atoms with van der Waals surface area (Å²) in [6.45, 7) is 4.61. The van der Waals surface area contributed by atoms with Crippen LogP contribution in [0.5, 0.6) is 0 Å². The van der Waals surface area contributed by atoms with Crippen LogP contribution in [0, 0.1) is 24.7 Å². The highest BCUT2D eigenvalue weighted by Gasteiger charge is 2.51. The van der Waals surface area contributed by atoms with Crippen LogP contribution in [0.15, 0.2) is 42.6 Å². The summed E-state index contributed by atoms with van der Waals surface area (Å²) in [5.74, 6) is 1.95. The molecule has 0 saturated heterocycles. The molecule has 0 spiro atoms. The van der Waals surface area contributed by atoms with Crippen LogP contribution in [0.3, 0.4) is 0 Å². The van der Waals surface area contributed by atoms with Crippen molar-refractivity contribution in [3.63, 3.8) is 0 Å². The van der Waals surface area contributed by atoms with E-state index in [0.29, 0.717) is 18.4 Å². The Morgan fingerprint density at radius 1 is 1.19 bits per heavy atom. The Bertz CT molecular complexity index is 754. The average Bonchev–Trinajstić information content (AvgIpc) is 3.05. The second-order valence-electron chi connectivity index (χ2n) is 8.16. The van der Waals surface area contributed by atoms with Crippen molar-refractivity contribution in [1.29, 1.82) is 0 Å². The number of fused-ring (bicyclic) bond motifs is 1. The van der Waals surface area contributed by atoms with E-state index in [2.05, 4.69) is 40.7 Å². The Kier molecular flexibility index (Phi) is 4.84. The maximum absolute atomic E-state index is 12.9. The third-order valence-electron chi connectivity index (χ3n) is 6.36. The van der Waals surface area contributed by atoms with E-state index in [-0.39, 0.29) is 17.9 Å². The quantitative estimate of drug-likeness (QED) is 0.887. The van der Waals surface area contributed by atoms with E-state index in [0.717, 1.165) is 11.6 Å². The molecule has 0 aliphatic heterocycles. The Labute approximate surface area is 156 Å².